The highest BCUT2D eigenvalue weighted by Gasteiger charge is 2.41. The normalized spacial score (nSPS) is 31.8. The molecule has 1 aromatic heterocycles. The number of nitrogens with two attached hydrogens (primary N) is 1. The van der Waals surface area contributed by atoms with E-state index in [0.29, 0.717) is 12.6 Å². The molecule has 0 amide bonds. The summed E-state index contributed by atoms with van der Waals surface area (Å²) in [6.45, 7) is 2.51. The van der Waals surface area contributed by atoms with E-state index in [1.54, 1.807) is 0 Å². The Bertz CT molecular complexity index is 337. The first-order valence-corrected chi connectivity index (χ1v) is 6.89. The van der Waals surface area contributed by atoms with Gasteiger partial charge in [0.15, 0.2) is 0 Å². The standard InChI is InChI=1S/C12H18N2OS/c13-8-10-12(11-2-1-7-16-11)14(5-6-15-10)9-3-4-9/h1-2,7,9-10,12H,3-6,8,13H2. The molecule has 2 N–H and O–H groups in total. The van der Waals surface area contributed by atoms with Gasteiger partial charge in [0.25, 0.3) is 0 Å². The number of thiophene rings is 1. The van der Waals surface area contributed by atoms with E-state index < -0.39 is 0 Å². The molecule has 3 nitrogen and oxygen atoms in total. The second-order valence-corrected chi connectivity index (χ2v) is 5.55. The highest BCUT2D eigenvalue weighted by molar-refractivity contribution is 7.10. The highest BCUT2D eigenvalue weighted by Crippen LogP contribution is 2.39. The lowest BCUT2D eigenvalue weighted by molar-refractivity contribution is -0.0700. The van der Waals surface area contributed by atoms with Gasteiger partial charge in [-0.05, 0) is 24.3 Å². The Labute approximate surface area is 100 Å². The smallest absolute Gasteiger partial charge is 0.0902 e. The van der Waals surface area contributed by atoms with Crippen molar-refractivity contribution in [3.63, 3.8) is 0 Å². The number of hydrogen-bond acceptors (Lipinski definition) is 4. The van der Waals surface area contributed by atoms with E-state index in [0.717, 1.165) is 19.2 Å². The van der Waals surface area contributed by atoms with Crippen molar-refractivity contribution in [3.8, 4) is 0 Å². The van der Waals surface area contributed by atoms with Crippen LogP contribution in [-0.4, -0.2) is 36.7 Å². The lowest BCUT2D eigenvalue weighted by Crippen LogP contribution is -2.48. The van der Waals surface area contributed by atoms with E-state index in [-0.39, 0.29) is 6.10 Å². The fraction of sp³-hybridized carbons (Fsp3) is 0.667. The van der Waals surface area contributed by atoms with Gasteiger partial charge in [-0.2, -0.15) is 0 Å². The Kier molecular flexibility index (Phi) is 2.98. The summed E-state index contributed by atoms with van der Waals surface area (Å²) in [5.41, 5.74) is 5.84. The zero-order chi connectivity index (χ0) is 11.0. The van der Waals surface area contributed by atoms with Gasteiger partial charge in [0.1, 0.15) is 0 Å². The molecule has 4 heteroatoms. The zero-order valence-corrected chi connectivity index (χ0v) is 10.2. The number of morpholine rings is 1. The molecule has 1 aliphatic heterocycles. The zero-order valence-electron chi connectivity index (χ0n) is 9.34. The molecule has 88 valence electrons. The Morgan fingerprint density at radius 3 is 3.00 bits per heavy atom. The van der Waals surface area contributed by atoms with Gasteiger partial charge in [0, 0.05) is 24.0 Å². The van der Waals surface area contributed by atoms with Gasteiger partial charge < -0.3 is 10.5 Å². The van der Waals surface area contributed by atoms with Crippen LogP contribution in [0.2, 0.25) is 0 Å². The number of ether oxygens (including phenoxy) is 1. The van der Waals surface area contributed by atoms with Crippen LogP contribution in [0.3, 0.4) is 0 Å². The third kappa shape index (κ3) is 1.91. The lowest BCUT2D eigenvalue weighted by atomic mass is 10.1. The third-order valence-electron chi connectivity index (χ3n) is 3.47. The van der Waals surface area contributed by atoms with Gasteiger partial charge in [-0.1, -0.05) is 6.07 Å². The quantitative estimate of drug-likeness (QED) is 0.869. The van der Waals surface area contributed by atoms with Crippen LogP contribution < -0.4 is 5.73 Å². The summed E-state index contributed by atoms with van der Waals surface area (Å²) in [6.07, 6.45) is 2.87. The molecule has 1 saturated heterocycles. The maximum absolute atomic E-state index is 5.84. The van der Waals surface area contributed by atoms with E-state index >= 15 is 0 Å². The topological polar surface area (TPSA) is 38.5 Å². The predicted molar refractivity (Wildman–Crippen MR) is 65.6 cm³/mol. The van der Waals surface area contributed by atoms with E-state index in [2.05, 4.69) is 22.4 Å². The third-order valence-corrected chi connectivity index (χ3v) is 4.42. The summed E-state index contributed by atoms with van der Waals surface area (Å²) in [4.78, 5) is 4.01. The van der Waals surface area contributed by atoms with Crippen LogP contribution in [0.15, 0.2) is 17.5 Å². The highest BCUT2D eigenvalue weighted by atomic mass is 32.1. The van der Waals surface area contributed by atoms with Crippen LogP contribution >= 0.6 is 11.3 Å². The molecule has 0 spiro atoms. The van der Waals surface area contributed by atoms with Gasteiger partial charge >= 0.3 is 0 Å². The van der Waals surface area contributed by atoms with E-state index in [1.165, 1.54) is 17.7 Å². The Morgan fingerprint density at radius 1 is 1.50 bits per heavy atom. The molecule has 1 aromatic rings. The van der Waals surface area contributed by atoms with Crippen LogP contribution in [0.25, 0.3) is 0 Å². The molecular formula is C12H18N2OS. The van der Waals surface area contributed by atoms with Crippen molar-refractivity contribution < 1.29 is 4.74 Å². The summed E-state index contributed by atoms with van der Waals surface area (Å²) in [6, 6.07) is 5.51. The van der Waals surface area contributed by atoms with Crippen LogP contribution in [-0.2, 0) is 4.74 Å². The average Bonchev–Trinajstić information content (AvgIpc) is 3.04. The second-order valence-electron chi connectivity index (χ2n) is 4.57. The lowest BCUT2D eigenvalue weighted by Gasteiger charge is -2.40. The Balaban J connectivity index is 1.86. The van der Waals surface area contributed by atoms with Crippen molar-refractivity contribution in [2.75, 3.05) is 19.7 Å². The minimum atomic E-state index is 0.174. The number of nitrogens with zero attached hydrogens (tertiary/aromatic N) is 1. The Hall–Kier alpha value is -0.420. The summed E-state index contributed by atoms with van der Waals surface area (Å²) in [5.74, 6) is 0. The molecule has 1 aliphatic carbocycles. The molecular weight excluding hydrogens is 220 g/mol. The fourth-order valence-corrected chi connectivity index (χ4v) is 3.47. The molecule has 0 aromatic carbocycles. The molecule has 2 unspecified atom stereocenters. The van der Waals surface area contributed by atoms with Crippen LogP contribution in [0.4, 0.5) is 0 Å². The summed E-state index contributed by atoms with van der Waals surface area (Å²) >= 11 is 1.82. The average molecular weight is 238 g/mol. The van der Waals surface area contributed by atoms with Gasteiger partial charge in [0.05, 0.1) is 18.8 Å². The Morgan fingerprint density at radius 2 is 2.38 bits per heavy atom. The van der Waals surface area contributed by atoms with Gasteiger partial charge in [0.2, 0.25) is 0 Å². The second kappa shape index (κ2) is 4.45. The van der Waals surface area contributed by atoms with Crippen LogP contribution in [0.1, 0.15) is 23.8 Å². The molecule has 2 atom stereocenters. The van der Waals surface area contributed by atoms with E-state index in [1.807, 2.05) is 11.3 Å². The first-order chi connectivity index (χ1) is 7.90. The SMILES string of the molecule is NCC1OCCN(C2CC2)C1c1cccs1. The summed E-state index contributed by atoms with van der Waals surface area (Å²) in [7, 11) is 0. The van der Waals surface area contributed by atoms with E-state index in [4.69, 9.17) is 10.5 Å². The molecule has 16 heavy (non-hydrogen) atoms. The van der Waals surface area contributed by atoms with Crippen molar-refractivity contribution in [1.29, 1.82) is 0 Å². The van der Waals surface area contributed by atoms with Gasteiger partial charge in [-0.25, -0.2) is 0 Å². The van der Waals surface area contributed by atoms with E-state index in [9.17, 15) is 0 Å². The number of hydrogen-bond donors (Lipinski definition) is 1. The summed E-state index contributed by atoms with van der Waals surface area (Å²) in [5, 5.41) is 2.14. The maximum Gasteiger partial charge on any atom is 0.0902 e. The first kappa shape index (κ1) is 10.7. The fourth-order valence-electron chi connectivity index (χ4n) is 2.57. The minimum Gasteiger partial charge on any atom is -0.374 e. The monoisotopic (exact) mass is 238 g/mol. The molecule has 0 radical (unpaired) electrons. The molecule has 3 rings (SSSR count). The predicted octanol–water partition coefficient (Wildman–Crippen LogP) is 1.61. The van der Waals surface area contributed by atoms with Crippen LogP contribution in [0.5, 0.6) is 0 Å². The molecule has 2 heterocycles. The minimum absolute atomic E-state index is 0.174. The van der Waals surface area contributed by atoms with Crippen LogP contribution in [0, 0.1) is 0 Å². The van der Waals surface area contributed by atoms with Crippen molar-refractivity contribution in [2.24, 2.45) is 5.73 Å². The largest absolute Gasteiger partial charge is 0.374 e. The molecule has 1 saturated carbocycles. The van der Waals surface area contributed by atoms with Gasteiger partial charge in [-0.3, -0.25) is 4.90 Å². The number of rotatable bonds is 3. The van der Waals surface area contributed by atoms with Crippen molar-refractivity contribution >= 4 is 11.3 Å². The maximum atomic E-state index is 5.84. The summed E-state index contributed by atoms with van der Waals surface area (Å²) < 4.78 is 5.81. The molecule has 2 aliphatic rings. The van der Waals surface area contributed by atoms with Gasteiger partial charge in [-0.15, -0.1) is 11.3 Å². The molecule has 2 fully saturated rings. The first-order valence-electron chi connectivity index (χ1n) is 6.01. The van der Waals surface area contributed by atoms with Crippen molar-refractivity contribution in [2.45, 2.75) is 31.0 Å². The van der Waals surface area contributed by atoms with Crippen molar-refractivity contribution in [3.05, 3.63) is 22.4 Å². The van der Waals surface area contributed by atoms with Crippen molar-refractivity contribution in [1.82, 2.24) is 4.90 Å². The molecule has 0 bridgehead atoms.